The third kappa shape index (κ3) is 3.77. The molecule has 1 aliphatic heterocycles. The summed E-state index contributed by atoms with van der Waals surface area (Å²) in [5.74, 6) is 0. The minimum atomic E-state index is 0.310. The number of piperidine rings is 1. The highest BCUT2D eigenvalue weighted by Gasteiger charge is 2.27. The molecule has 1 aromatic heterocycles. The summed E-state index contributed by atoms with van der Waals surface area (Å²) in [5.41, 5.74) is 3.44. The Labute approximate surface area is 121 Å². The Bertz CT molecular complexity index is 400. The van der Waals surface area contributed by atoms with Gasteiger partial charge in [-0.15, -0.1) is 11.3 Å². The van der Waals surface area contributed by atoms with Crippen molar-refractivity contribution in [1.29, 1.82) is 0 Å². The smallest absolute Gasteiger partial charge is 0.0798 e. The molecule has 0 spiro atoms. The minimum Gasteiger partial charge on any atom is -0.307 e. The lowest BCUT2D eigenvalue weighted by atomic mass is 9.97. The molecule has 1 N–H and O–H groups in total. The summed E-state index contributed by atoms with van der Waals surface area (Å²) < 4.78 is 0. The van der Waals surface area contributed by atoms with Gasteiger partial charge in [-0.05, 0) is 47.5 Å². The maximum atomic E-state index is 4.35. The van der Waals surface area contributed by atoms with Gasteiger partial charge in [-0.25, -0.2) is 4.98 Å². The van der Waals surface area contributed by atoms with Crippen LogP contribution in [-0.2, 0) is 0 Å². The van der Waals surface area contributed by atoms with Gasteiger partial charge < -0.3 is 5.32 Å². The molecule has 108 valence electrons. The molecule has 1 aromatic rings. The third-order valence-corrected chi connectivity index (χ3v) is 5.22. The van der Waals surface area contributed by atoms with Crippen LogP contribution in [0, 0.1) is 6.92 Å². The highest BCUT2D eigenvalue weighted by molar-refractivity contribution is 7.09. The molecule has 0 aliphatic carbocycles. The second-order valence-corrected chi connectivity index (χ2v) is 7.51. The Morgan fingerprint density at radius 1 is 1.37 bits per heavy atom. The minimum absolute atomic E-state index is 0.310. The van der Waals surface area contributed by atoms with E-state index < -0.39 is 0 Å². The van der Waals surface area contributed by atoms with Gasteiger partial charge in [0.05, 0.1) is 11.2 Å². The predicted molar refractivity (Wildman–Crippen MR) is 82.7 cm³/mol. The average Bonchev–Trinajstić information content (AvgIpc) is 2.75. The Morgan fingerprint density at radius 2 is 2.00 bits per heavy atom. The van der Waals surface area contributed by atoms with Crippen LogP contribution in [0.15, 0.2) is 5.51 Å². The summed E-state index contributed by atoms with van der Waals surface area (Å²) in [6.07, 6.45) is 2.50. The quantitative estimate of drug-likeness (QED) is 0.921. The van der Waals surface area contributed by atoms with E-state index in [4.69, 9.17) is 0 Å². The number of thiazole rings is 1. The van der Waals surface area contributed by atoms with E-state index in [-0.39, 0.29) is 0 Å². The molecule has 4 heteroatoms. The predicted octanol–water partition coefficient (Wildman–Crippen LogP) is 3.37. The molecule has 1 saturated heterocycles. The van der Waals surface area contributed by atoms with Gasteiger partial charge in [0.1, 0.15) is 0 Å². The Balaban J connectivity index is 1.85. The van der Waals surface area contributed by atoms with Crippen molar-refractivity contribution in [2.24, 2.45) is 0 Å². The van der Waals surface area contributed by atoms with Crippen LogP contribution < -0.4 is 5.32 Å². The van der Waals surface area contributed by atoms with E-state index in [0.29, 0.717) is 17.6 Å². The molecular formula is C15H27N3S. The molecule has 19 heavy (non-hydrogen) atoms. The average molecular weight is 281 g/mol. The second-order valence-electron chi connectivity index (χ2n) is 6.62. The SMILES string of the molecule is Cc1ncsc1C(C)NC1CCN(C(C)(C)C)CC1. The number of hydrogen-bond acceptors (Lipinski definition) is 4. The van der Waals surface area contributed by atoms with E-state index >= 15 is 0 Å². The van der Waals surface area contributed by atoms with Crippen molar-refractivity contribution in [2.45, 2.75) is 65.1 Å². The fourth-order valence-corrected chi connectivity index (χ4v) is 3.69. The highest BCUT2D eigenvalue weighted by atomic mass is 32.1. The number of rotatable bonds is 3. The van der Waals surface area contributed by atoms with E-state index in [1.807, 2.05) is 5.51 Å². The zero-order valence-electron chi connectivity index (χ0n) is 12.9. The molecule has 1 atom stereocenters. The van der Waals surface area contributed by atoms with Crippen molar-refractivity contribution in [1.82, 2.24) is 15.2 Å². The maximum absolute atomic E-state index is 4.35. The number of nitrogens with one attached hydrogen (secondary N) is 1. The molecule has 2 rings (SSSR count). The van der Waals surface area contributed by atoms with Crippen molar-refractivity contribution in [2.75, 3.05) is 13.1 Å². The van der Waals surface area contributed by atoms with Crippen molar-refractivity contribution in [3.63, 3.8) is 0 Å². The molecule has 3 nitrogen and oxygen atoms in total. The number of aryl methyl sites for hydroxylation is 1. The normalized spacial score (nSPS) is 20.7. The van der Waals surface area contributed by atoms with Gasteiger partial charge in [-0.1, -0.05) is 0 Å². The molecular weight excluding hydrogens is 254 g/mol. The fourth-order valence-electron chi connectivity index (χ4n) is 2.87. The van der Waals surface area contributed by atoms with Crippen LogP contribution in [0.3, 0.4) is 0 Å². The van der Waals surface area contributed by atoms with Gasteiger partial charge in [0.25, 0.3) is 0 Å². The van der Waals surface area contributed by atoms with Crippen LogP contribution in [0.2, 0.25) is 0 Å². The van der Waals surface area contributed by atoms with Crippen LogP contribution in [0.25, 0.3) is 0 Å². The largest absolute Gasteiger partial charge is 0.307 e. The van der Waals surface area contributed by atoms with Gasteiger partial charge in [0.15, 0.2) is 0 Å². The maximum Gasteiger partial charge on any atom is 0.0798 e. The summed E-state index contributed by atoms with van der Waals surface area (Å²) in [6, 6.07) is 1.08. The zero-order valence-corrected chi connectivity index (χ0v) is 13.7. The molecule has 2 heterocycles. The molecule has 0 amide bonds. The lowest BCUT2D eigenvalue weighted by molar-refractivity contribution is 0.0943. The number of hydrogen-bond donors (Lipinski definition) is 1. The Kier molecular flexibility index (Phi) is 4.64. The number of aromatic nitrogens is 1. The number of likely N-dealkylation sites (tertiary alicyclic amines) is 1. The van der Waals surface area contributed by atoms with Crippen molar-refractivity contribution in [3.05, 3.63) is 16.1 Å². The Morgan fingerprint density at radius 3 is 2.47 bits per heavy atom. The van der Waals surface area contributed by atoms with Gasteiger partial charge in [0.2, 0.25) is 0 Å². The topological polar surface area (TPSA) is 28.2 Å². The van der Waals surface area contributed by atoms with Gasteiger partial charge >= 0.3 is 0 Å². The van der Waals surface area contributed by atoms with Gasteiger partial charge in [-0.3, -0.25) is 4.90 Å². The molecule has 0 aromatic carbocycles. The van der Waals surface area contributed by atoms with E-state index in [0.717, 1.165) is 0 Å². The molecule has 0 radical (unpaired) electrons. The summed E-state index contributed by atoms with van der Waals surface area (Å²) in [5, 5.41) is 3.78. The zero-order chi connectivity index (χ0) is 14.0. The van der Waals surface area contributed by atoms with E-state index in [2.05, 4.69) is 49.8 Å². The monoisotopic (exact) mass is 281 g/mol. The first-order valence-electron chi connectivity index (χ1n) is 7.29. The summed E-state index contributed by atoms with van der Waals surface area (Å²) in [4.78, 5) is 8.32. The summed E-state index contributed by atoms with van der Waals surface area (Å²) in [7, 11) is 0. The van der Waals surface area contributed by atoms with Crippen molar-refractivity contribution >= 4 is 11.3 Å². The Hall–Kier alpha value is -0.450. The number of nitrogens with zero attached hydrogens (tertiary/aromatic N) is 2. The first kappa shape index (κ1) is 14.9. The summed E-state index contributed by atoms with van der Waals surface area (Å²) in [6.45, 7) is 13.7. The molecule has 1 fully saturated rings. The highest BCUT2D eigenvalue weighted by Crippen LogP contribution is 2.25. The van der Waals surface area contributed by atoms with E-state index in [1.54, 1.807) is 11.3 Å². The second kappa shape index (κ2) is 5.90. The first-order chi connectivity index (χ1) is 8.88. The van der Waals surface area contributed by atoms with Crippen molar-refractivity contribution < 1.29 is 0 Å². The molecule has 0 bridgehead atoms. The van der Waals surface area contributed by atoms with Gasteiger partial charge in [-0.2, -0.15) is 0 Å². The fraction of sp³-hybridized carbons (Fsp3) is 0.800. The molecule has 0 saturated carbocycles. The van der Waals surface area contributed by atoms with E-state index in [1.165, 1.54) is 36.5 Å². The van der Waals surface area contributed by atoms with Gasteiger partial charge in [0, 0.05) is 35.6 Å². The molecule has 1 aliphatic rings. The summed E-state index contributed by atoms with van der Waals surface area (Å²) >= 11 is 1.77. The lowest BCUT2D eigenvalue weighted by Gasteiger charge is -2.41. The van der Waals surface area contributed by atoms with Crippen molar-refractivity contribution in [3.8, 4) is 0 Å². The van der Waals surface area contributed by atoms with Crippen LogP contribution >= 0.6 is 11.3 Å². The first-order valence-corrected chi connectivity index (χ1v) is 8.17. The van der Waals surface area contributed by atoms with Crippen LogP contribution in [0.5, 0.6) is 0 Å². The van der Waals surface area contributed by atoms with Crippen LogP contribution in [0.4, 0.5) is 0 Å². The van der Waals surface area contributed by atoms with Crippen LogP contribution in [0.1, 0.15) is 57.1 Å². The van der Waals surface area contributed by atoms with Crippen LogP contribution in [-0.4, -0.2) is 34.6 Å². The standard InChI is InChI=1S/C15H27N3S/c1-11-14(19-10-16-11)12(2)17-13-6-8-18(9-7-13)15(3,4)5/h10,12-13,17H,6-9H2,1-5H3. The van der Waals surface area contributed by atoms with E-state index in [9.17, 15) is 0 Å². The lowest BCUT2D eigenvalue weighted by Crippen LogP contribution is -2.50. The molecule has 1 unspecified atom stereocenters. The third-order valence-electron chi connectivity index (χ3n) is 4.11.